The lowest BCUT2D eigenvalue weighted by atomic mass is 10.1. The first-order valence-electron chi connectivity index (χ1n) is 6.11. The molecule has 2 aromatic rings. The number of aryl methyl sites for hydroxylation is 1. The third kappa shape index (κ3) is 2.53. The number of hydrogen-bond acceptors (Lipinski definition) is 3. The second kappa shape index (κ2) is 5.55. The number of halogens is 1. The van der Waals surface area contributed by atoms with Gasteiger partial charge in [0.15, 0.2) is 0 Å². The van der Waals surface area contributed by atoms with Crippen LogP contribution in [0.4, 0.5) is 0 Å². The van der Waals surface area contributed by atoms with E-state index < -0.39 is 0 Å². The lowest BCUT2D eigenvalue weighted by Gasteiger charge is -2.16. The molecule has 1 unspecified atom stereocenters. The normalized spacial score (nSPS) is 13.2. The highest BCUT2D eigenvalue weighted by atomic mass is 79.9. The Morgan fingerprint density at radius 2 is 2.17 bits per heavy atom. The summed E-state index contributed by atoms with van der Waals surface area (Å²) >= 11 is 5.33. The Morgan fingerprint density at radius 1 is 1.44 bits per heavy atom. The van der Waals surface area contributed by atoms with Gasteiger partial charge in [0.1, 0.15) is 0 Å². The predicted octanol–water partition coefficient (Wildman–Crippen LogP) is 3.90. The van der Waals surface area contributed by atoms with Crippen LogP contribution < -0.4 is 5.73 Å². The molecular weight excluding hydrogens is 310 g/mol. The predicted molar refractivity (Wildman–Crippen MR) is 80.0 cm³/mol. The van der Waals surface area contributed by atoms with E-state index in [1.54, 1.807) is 11.3 Å². The van der Waals surface area contributed by atoms with Crippen LogP contribution in [0.3, 0.4) is 0 Å². The lowest BCUT2D eigenvalue weighted by molar-refractivity contribution is 0.499. The summed E-state index contributed by atoms with van der Waals surface area (Å²) in [6.45, 7) is 6.39. The molecule has 98 valence electrons. The van der Waals surface area contributed by atoms with Crippen molar-refractivity contribution in [3.05, 3.63) is 38.3 Å². The molecule has 0 radical (unpaired) electrons. The maximum absolute atomic E-state index is 6.39. The van der Waals surface area contributed by atoms with Crippen LogP contribution in [-0.2, 0) is 6.42 Å². The first-order chi connectivity index (χ1) is 8.54. The van der Waals surface area contributed by atoms with Gasteiger partial charge in [-0.3, -0.25) is 4.68 Å². The maximum Gasteiger partial charge on any atom is 0.0828 e. The highest BCUT2D eigenvalue weighted by molar-refractivity contribution is 9.10. The van der Waals surface area contributed by atoms with E-state index in [0.29, 0.717) is 6.04 Å². The molecule has 18 heavy (non-hydrogen) atoms. The number of aromatic nitrogens is 2. The highest BCUT2D eigenvalue weighted by Gasteiger charge is 2.20. The van der Waals surface area contributed by atoms with Gasteiger partial charge in [-0.2, -0.15) is 5.10 Å². The van der Waals surface area contributed by atoms with Gasteiger partial charge in [-0.1, -0.05) is 6.92 Å². The topological polar surface area (TPSA) is 43.8 Å². The zero-order valence-corrected chi connectivity index (χ0v) is 13.3. The minimum absolute atomic E-state index is 0.116. The molecule has 0 aliphatic carbocycles. The van der Waals surface area contributed by atoms with Crippen molar-refractivity contribution in [3.8, 4) is 0 Å². The van der Waals surface area contributed by atoms with E-state index in [2.05, 4.69) is 53.9 Å². The minimum Gasteiger partial charge on any atom is -0.318 e. The molecule has 2 N–H and O–H groups in total. The summed E-state index contributed by atoms with van der Waals surface area (Å²) in [4.78, 5) is 2.56. The molecule has 2 heterocycles. The van der Waals surface area contributed by atoms with E-state index in [4.69, 9.17) is 5.73 Å². The lowest BCUT2D eigenvalue weighted by Crippen LogP contribution is -2.18. The number of thiophene rings is 1. The zero-order valence-electron chi connectivity index (χ0n) is 10.9. The molecule has 3 nitrogen and oxygen atoms in total. The Balaban J connectivity index is 2.38. The summed E-state index contributed by atoms with van der Waals surface area (Å²) in [6.07, 6.45) is 2.88. The van der Waals surface area contributed by atoms with Crippen LogP contribution >= 0.6 is 27.3 Å². The summed E-state index contributed by atoms with van der Waals surface area (Å²) in [7, 11) is 0. The Bertz CT molecular complexity index is 530. The standard InChI is InChI=1S/C13H18BrN3S/c1-4-9-5-6-11(18-9)12(15)13-10(14)7-16-17(13)8(2)3/h5-8,12H,4,15H2,1-3H3. The van der Waals surface area contributed by atoms with Crippen molar-refractivity contribution in [2.24, 2.45) is 5.73 Å². The smallest absolute Gasteiger partial charge is 0.0828 e. The zero-order chi connectivity index (χ0) is 13.3. The van der Waals surface area contributed by atoms with Gasteiger partial charge in [0.05, 0.1) is 22.4 Å². The molecule has 0 saturated heterocycles. The summed E-state index contributed by atoms with van der Waals surface area (Å²) in [5, 5.41) is 4.38. The van der Waals surface area contributed by atoms with Gasteiger partial charge in [0.25, 0.3) is 0 Å². The van der Waals surface area contributed by atoms with Crippen LogP contribution in [0.25, 0.3) is 0 Å². The average molecular weight is 328 g/mol. The second-order valence-electron chi connectivity index (χ2n) is 4.55. The molecule has 1 atom stereocenters. The molecule has 0 spiro atoms. The van der Waals surface area contributed by atoms with Crippen molar-refractivity contribution in [1.82, 2.24) is 9.78 Å². The quantitative estimate of drug-likeness (QED) is 0.925. The molecule has 0 bridgehead atoms. The van der Waals surface area contributed by atoms with Crippen LogP contribution in [0, 0.1) is 0 Å². The van der Waals surface area contributed by atoms with Crippen LogP contribution in [0.1, 0.15) is 48.3 Å². The summed E-state index contributed by atoms with van der Waals surface area (Å²) in [6, 6.07) is 4.47. The van der Waals surface area contributed by atoms with E-state index >= 15 is 0 Å². The van der Waals surface area contributed by atoms with Crippen molar-refractivity contribution in [3.63, 3.8) is 0 Å². The van der Waals surface area contributed by atoms with Gasteiger partial charge in [-0.05, 0) is 48.3 Å². The van der Waals surface area contributed by atoms with Crippen LogP contribution in [0.15, 0.2) is 22.8 Å². The van der Waals surface area contributed by atoms with E-state index in [0.717, 1.165) is 16.6 Å². The first kappa shape index (κ1) is 13.8. The second-order valence-corrected chi connectivity index (χ2v) is 6.61. The summed E-state index contributed by atoms with van der Waals surface area (Å²) in [5.74, 6) is 0. The molecule has 2 rings (SSSR count). The Morgan fingerprint density at radius 3 is 2.72 bits per heavy atom. The van der Waals surface area contributed by atoms with Crippen LogP contribution in [0.5, 0.6) is 0 Å². The van der Waals surface area contributed by atoms with Gasteiger partial charge < -0.3 is 5.73 Å². The average Bonchev–Trinajstić information content (AvgIpc) is 2.94. The fourth-order valence-electron chi connectivity index (χ4n) is 1.94. The maximum atomic E-state index is 6.39. The van der Waals surface area contributed by atoms with Gasteiger partial charge in [0, 0.05) is 15.8 Å². The SMILES string of the molecule is CCc1ccc(C(N)c2c(Br)cnn2C(C)C)s1. The fraction of sp³-hybridized carbons (Fsp3) is 0.462. The first-order valence-corrected chi connectivity index (χ1v) is 7.72. The van der Waals surface area contributed by atoms with E-state index in [1.807, 2.05) is 10.9 Å². The van der Waals surface area contributed by atoms with Crippen LogP contribution in [0.2, 0.25) is 0 Å². The Labute approximate surface area is 120 Å². The third-order valence-corrected chi connectivity index (χ3v) is 4.83. The molecule has 0 aromatic carbocycles. The van der Waals surface area contributed by atoms with Crippen molar-refractivity contribution in [2.75, 3.05) is 0 Å². The van der Waals surface area contributed by atoms with Gasteiger partial charge >= 0.3 is 0 Å². The van der Waals surface area contributed by atoms with Gasteiger partial charge in [-0.15, -0.1) is 11.3 Å². The summed E-state index contributed by atoms with van der Waals surface area (Å²) < 4.78 is 2.97. The molecule has 0 saturated carbocycles. The van der Waals surface area contributed by atoms with E-state index in [1.165, 1.54) is 9.75 Å². The molecule has 0 fully saturated rings. The molecule has 0 amide bonds. The van der Waals surface area contributed by atoms with E-state index in [-0.39, 0.29) is 6.04 Å². The Hall–Kier alpha value is -0.650. The van der Waals surface area contributed by atoms with Crippen molar-refractivity contribution in [2.45, 2.75) is 39.3 Å². The van der Waals surface area contributed by atoms with Gasteiger partial charge in [-0.25, -0.2) is 0 Å². The van der Waals surface area contributed by atoms with Crippen molar-refractivity contribution < 1.29 is 0 Å². The van der Waals surface area contributed by atoms with Crippen molar-refractivity contribution >= 4 is 27.3 Å². The molecule has 2 aromatic heterocycles. The van der Waals surface area contributed by atoms with Crippen LogP contribution in [-0.4, -0.2) is 9.78 Å². The largest absolute Gasteiger partial charge is 0.318 e. The number of nitrogens with zero attached hydrogens (tertiary/aromatic N) is 2. The molecule has 0 aliphatic rings. The Kier molecular flexibility index (Phi) is 4.25. The van der Waals surface area contributed by atoms with Gasteiger partial charge in [0.2, 0.25) is 0 Å². The molecular formula is C13H18BrN3S. The monoisotopic (exact) mass is 327 g/mol. The number of hydrogen-bond donors (Lipinski definition) is 1. The minimum atomic E-state index is -0.116. The highest BCUT2D eigenvalue weighted by Crippen LogP contribution is 2.32. The third-order valence-electron chi connectivity index (χ3n) is 2.91. The molecule has 0 aliphatic heterocycles. The van der Waals surface area contributed by atoms with E-state index in [9.17, 15) is 0 Å². The fourth-order valence-corrected chi connectivity index (χ4v) is 3.42. The number of nitrogens with two attached hydrogens (primary N) is 1. The molecule has 5 heteroatoms. The van der Waals surface area contributed by atoms with Crippen molar-refractivity contribution in [1.29, 1.82) is 0 Å². The number of rotatable bonds is 4. The summed E-state index contributed by atoms with van der Waals surface area (Å²) in [5.41, 5.74) is 7.44.